The standard InChI is InChI=1S/C58H44N2Si2/c1-9-25-45(26-10-1)56-44-57(46-27-11-2-12-28-46)60-58(59-56)47-41-54(61(48-29-13-3-14-30-48,49-31-15-4-16-32-49)50-33-17-5-18-34-50)43-55(42-47)62(51-35-19-6-20-36-51,52-37-21-7-22-38-52)53-39-23-8-24-40-53/h1-44H. The number of aromatic nitrogens is 2. The van der Waals surface area contributed by atoms with Crippen LogP contribution in [-0.2, 0) is 0 Å². The first-order chi connectivity index (χ1) is 30.7. The van der Waals surface area contributed by atoms with E-state index in [9.17, 15) is 0 Å². The molecule has 0 unspecified atom stereocenters. The number of nitrogens with zero attached hydrogens (tertiary/aromatic N) is 2. The lowest BCUT2D eigenvalue weighted by Crippen LogP contribution is -2.78. The quantitative estimate of drug-likeness (QED) is 0.0972. The highest BCUT2D eigenvalue weighted by Crippen LogP contribution is 2.28. The smallest absolute Gasteiger partial charge is 0.179 e. The van der Waals surface area contributed by atoms with Gasteiger partial charge in [-0.3, -0.25) is 0 Å². The minimum Gasteiger partial charge on any atom is -0.228 e. The van der Waals surface area contributed by atoms with Gasteiger partial charge in [0.1, 0.15) is 0 Å². The van der Waals surface area contributed by atoms with Crippen molar-refractivity contribution in [3.63, 3.8) is 0 Å². The Balaban J connectivity index is 1.40. The molecule has 0 aliphatic rings. The maximum Gasteiger partial charge on any atom is 0.179 e. The predicted molar refractivity (Wildman–Crippen MR) is 266 cm³/mol. The third-order valence-corrected chi connectivity index (χ3v) is 21.7. The number of hydrogen-bond acceptors (Lipinski definition) is 2. The number of rotatable bonds is 11. The topological polar surface area (TPSA) is 25.8 Å². The summed E-state index contributed by atoms with van der Waals surface area (Å²) in [6.45, 7) is 0. The highest BCUT2D eigenvalue weighted by atomic mass is 28.3. The summed E-state index contributed by atoms with van der Waals surface area (Å²) in [6, 6.07) is 97.8. The molecule has 0 amide bonds. The van der Waals surface area contributed by atoms with Crippen molar-refractivity contribution in [1.29, 1.82) is 0 Å². The van der Waals surface area contributed by atoms with E-state index in [2.05, 4.69) is 267 Å². The van der Waals surface area contributed by atoms with E-state index < -0.39 is 16.1 Å². The van der Waals surface area contributed by atoms with Crippen molar-refractivity contribution in [1.82, 2.24) is 9.97 Å². The Kier molecular flexibility index (Phi) is 10.7. The van der Waals surface area contributed by atoms with Crippen LogP contribution in [0.1, 0.15) is 0 Å². The second-order valence-electron chi connectivity index (χ2n) is 15.7. The molecule has 0 N–H and O–H groups in total. The van der Waals surface area contributed by atoms with Crippen LogP contribution >= 0.6 is 0 Å². The lowest BCUT2D eigenvalue weighted by atomic mass is 10.1. The van der Waals surface area contributed by atoms with Gasteiger partial charge in [0, 0.05) is 16.7 Å². The van der Waals surface area contributed by atoms with E-state index in [4.69, 9.17) is 9.97 Å². The SMILES string of the molecule is c1ccc(-c2cc(-c3ccccc3)nc(-c3cc([Si](c4ccccc4)(c4ccccc4)c4ccccc4)cc([Si](c4ccccc4)(c4ccccc4)c4ccccc4)c3)n2)cc1. The zero-order chi connectivity index (χ0) is 41.6. The molecule has 9 aromatic carbocycles. The van der Waals surface area contributed by atoms with Gasteiger partial charge in [0.05, 0.1) is 11.4 Å². The molecule has 0 aliphatic carbocycles. The third-order valence-electron chi connectivity index (χ3n) is 12.2. The van der Waals surface area contributed by atoms with Gasteiger partial charge >= 0.3 is 0 Å². The van der Waals surface area contributed by atoms with E-state index in [0.29, 0.717) is 5.82 Å². The Morgan fingerprint density at radius 1 is 0.210 bits per heavy atom. The van der Waals surface area contributed by atoms with Crippen LogP contribution in [0.2, 0.25) is 0 Å². The Morgan fingerprint density at radius 3 is 0.710 bits per heavy atom. The summed E-state index contributed by atoms with van der Waals surface area (Å²) in [4.78, 5) is 11.0. The Morgan fingerprint density at radius 2 is 0.452 bits per heavy atom. The second-order valence-corrected chi connectivity index (χ2v) is 23.3. The Bertz CT molecular complexity index is 2630. The maximum atomic E-state index is 5.50. The normalized spacial score (nSPS) is 11.5. The molecule has 1 aromatic heterocycles. The molecule has 10 aromatic rings. The first-order valence-electron chi connectivity index (χ1n) is 21.2. The molecule has 294 valence electrons. The number of benzene rings is 9. The van der Waals surface area contributed by atoms with E-state index >= 15 is 0 Å². The zero-order valence-electron chi connectivity index (χ0n) is 34.3. The predicted octanol–water partition coefficient (Wildman–Crippen LogP) is 8.23. The van der Waals surface area contributed by atoms with E-state index in [1.165, 1.54) is 41.5 Å². The van der Waals surface area contributed by atoms with Crippen LogP contribution in [0.4, 0.5) is 0 Å². The highest BCUT2D eigenvalue weighted by molar-refractivity contribution is 7.22. The largest absolute Gasteiger partial charge is 0.228 e. The summed E-state index contributed by atoms with van der Waals surface area (Å²) >= 11 is 0. The fourth-order valence-corrected chi connectivity index (χ4v) is 19.2. The van der Waals surface area contributed by atoms with Crippen molar-refractivity contribution in [2.45, 2.75) is 0 Å². The molecule has 4 heteroatoms. The summed E-state index contributed by atoms with van der Waals surface area (Å²) in [5.41, 5.74) is 4.86. The average Bonchev–Trinajstić information content (AvgIpc) is 3.37. The molecule has 2 nitrogen and oxygen atoms in total. The zero-order valence-corrected chi connectivity index (χ0v) is 36.3. The third kappa shape index (κ3) is 7.05. The van der Waals surface area contributed by atoms with Crippen LogP contribution in [0.25, 0.3) is 33.9 Å². The first kappa shape index (κ1) is 38.7. The molecule has 0 bridgehead atoms. The summed E-state index contributed by atoms with van der Waals surface area (Å²) in [7, 11) is -6.13. The molecule has 62 heavy (non-hydrogen) atoms. The van der Waals surface area contributed by atoms with Crippen molar-refractivity contribution < 1.29 is 0 Å². The van der Waals surface area contributed by atoms with Crippen molar-refractivity contribution in [2.24, 2.45) is 0 Å². The molecule has 0 spiro atoms. The molecule has 0 radical (unpaired) electrons. The lowest BCUT2D eigenvalue weighted by molar-refractivity contribution is 1.18. The van der Waals surface area contributed by atoms with Gasteiger partial charge in [-0.2, -0.15) is 0 Å². The molecule has 0 saturated heterocycles. The van der Waals surface area contributed by atoms with Gasteiger partial charge in [-0.25, -0.2) is 9.97 Å². The van der Waals surface area contributed by atoms with E-state index in [1.807, 2.05) is 0 Å². The number of hydrogen-bond donors (Lipinski definition) is 0. The van der Waals surface area contributed by atoms with Gasteiger partial charge in [0.15, 0.2) is 22.0 Å². The molecular formula is C58H44N2Si2. The van der Waals surface area contributed by atoms with Crippen molar-refractivity contribution in [3.8, 4) is 33.9 Å². The van der Waals surface area contributed by atoms with Gasteiger partial charge in [-0.05, 0) is 47.6 Å². The van der Waals surface area contributed by atoms with Crippen LogP contribution in [0, 0.1) is 0 Å². The summed E-state index contributed by atoms with van der Waals surface area (Å²) in [5, 5.41) is 10.5. The Hall–Kier alpha value is -7.51. The molecule has 0 aliphatic heterocycles. The summed E-state index contributed by atoms with van der Waals surface area (Å²) in [6.07, 6.45) is 0. The van der Waals surface area contributed by atoms with E-state index in [-0.39, 0.29) is 0 Å². The fraction of sp³-hybridized carbons (Fsp3) is 0. The molecule has 0 saturated carbocycles. The molecule has 0 fully saturated rings. The highest BCUT2D eigenvalue weighted by Gasteiger charge is 2.46. The first-order valence-corrected chi connectivity index (χ1v) is 25.2. The van der Waals surface area contributed by atoms with E-state index in [0.717, 1.165) is 28.1 Å². The average molecular weight is 825 g/mol. The molecular weight excluding hydrogens is 781 g/mol. The van der Waals surface area contributed by atoms with Crippen LogP contribution in [0.3, 0.4) is 0 Å². The van der Waals surface area contributed by atoms with Crippen LogP contribution < -0.4 is 41.5 Å². The lowest BCUT2D eigenvalue weighted by Gasteiger charge is -2.38. The minimum absolute atomic E-state index is 0.697. The molecule has 1 heterocycles. The van der Waals surface area contributed by atoms with Crippen LogP contribution in [0.5, 0.6) is 0 Å². The van der Waals surface area contributed by atoms with Gasteiger partial charge in [0.2, 0.25) is 0 Å². The van der Waals surface area contributed by atoms with Gasteiger partial charge in [-0.1, -0.05) is 261 Å². The van der Waals surface area contributed by atoms with Crippen molar-refractivity contribution in [3.05, 3.63) is 267 Å². The van der Waals surface area contributed by atoms with Crippen LogP contribution in [-0.4, -0.2) is 26.1 Å². The van der Waals surface area contributed by atoms with Crippen molar-refractivity contribution >= 4 is 57.6 Å². The monoisotopic (exact) mass is 824 g/mol. The van der Waals surface area contributed by atoms with E-state index in [1.54, 1.807) is 0 Å². The fourth-order valence-electron chi connectivity index (χ4n) is 9.41. The summed E-state index contributed by atoms with van der Waals surface area (Å²) in [5.74, 6) is 0.697. The van der Waals surface area contributed by atoms with Gasteiger partial charge in [0.25, 0.3) is 0 Å². The minimum atomic E-state index is -3.07. The summed E-state index contributed by atoms with van der Waals surface area (Å²) < 4.78 is 0. The Labute approximate surface area is 366 Å². The van der Waals surface area contributed by atoms with Gasteiger partial charge < -0.3 is 0 Å². The maximum absolute atomic E-state index is 5.50. The molecule has 10 rings (SSSR count). The second kappa shape index (κ2) is 17.2. The molecule has 0 atom stereocenters. The van der Waals surface area contributed by atoms with Crippen LogP contribution in [0.15, 0.2) is 267 Å². The van der Waals surface area contributed by atoms with Gasteiger partial charge in [-0.15, -0.1) is 0 Å². The van der Waals surface area contributed by atoms with Crippen molar-refractivity contribution in [2.75, 3.05) is 0 Å².